The minimum absolute atomic E-state index is 0.123. The van der Waals surface area contributed by atoms with Gasteiger partial charge in [0.1, 0.15) is 23.5 Å². The fraction of sp³-hybridized carbons (Fsp3) is 0.0870. The third kappa shape index (κ3) is 5.25. The highest BCUT2D eigenvalue weighted by Crippen LogP contribution is 2.43. The van der Waals surface area contributed by atoms with Crippen molar-refractivity contribution in [2.75, 3.05) is 6.54 Å². The van der Waals surface area contributed by atoms with Crippen molar-refractivity contribution < 1.29 is 18.7 Å². The lowest BCUT2D eigenvalue weighted by Crippen LogP contribution is -2.33. The second kappa shape index (κ2) is 12.6. The summed E-state index contributed by atoms with van der Waals surface area (Å²) in [6.07, 6.45) is 0.562. The van der Waals surface area contributed by atoms with Crippen LogP contribution in [0.25, 0.3) is 55.4 Å². The first-order chi connectivity index (χ1) is 26.5. The van der Waals surface area contributed by atoms with Gasteiger partial charge < -0.3 is 24.9 Å². The zero-order valence-electron chi connectivity index (χ0n) is 29.0. The molecule has 2 aliphatic heterocycles. The summed E-state index contributed by atoms with van der Waals surface area (Å²) >= 11 is 0. The van der Waals surface area contributed by atoms with Gasteiger partial charge in [0.15, 0.2) is 0 Å². The van der Waals surface area contributed by atoms with Crippen molar-refractivity contribution in [1.29, 1.82) is 0 Å². The number of rotatable bonds is 6. The van der Waals surface area contributed by atoms with Crippen LogP contribution in [-0.4, -0.2) is 27.9 Å². The smallest absolute Gasteiger partial charge is 0.253 e. The number of amides is 2. The molecule has 2 aromatic heterocycles. The summed E-state index contributed by atoms with van der Waals surface area (Å²) in [5, 5.41) is 8.26. The van der Waals surface area contributed by atoms with Crippen molar-refractivity contribution in [3.8, 4) is 45.1 Å². The number of nitrogens with zero attached hydrogens (tertiary/aromatic N) is 1. The van der Waals surface area contributed by atoms with Gasteiger partial charge >= 0.3 is 0 Å². The Labute approximate surface area is 310 Å². The normalized spacial score (nSPS) is 15.1. The molecule has 0 aliphatic carbocycles. The van der Waals surface area contributed by atoms with Crippen molar-refractivity contribution in [1.82, 2.24) is 20.2 Å². The molecule has 0 radical (unpaired) electrons. The number of carbonyl (C=O) groups is 2. The third-order valence-electron chi connectivity index (χ3n) is 10.7. The lowest BCUT2D eigenvalue weighted by Gasteiger charge is -2.24. The Morgan fingerprint density at radius 3 is 2.15 bits per heavy atom. The average Bonchev–Trinajstić information content (AvgIpc) is 3.63. The fourth-order valence-electron chi connectivity index (χ4n) is 8.30. The number of aromatic amines is 1. The number of H-pyrrole nitrogens is 1. The number of hydrogen-bond acceptors (Lipinski definition) is 3. The molecule has 0 spiro atoms. The Kier molecular flexibility index (Phi) is 7.43. The first-order valence-electron chi connectivity index (χ1n) is 18.1. The second-order valence-electron chi connectivity index (χ2n) is 13.8. The molecule has 6 aromatic carbocycles. The summed E-state index contributed by atoms with van der Waals surface area (Å²) in [4.78, 5) is 31.4. The van der Waals surface area contributed by atoms with E-state index in [1.807, 2.05) is 78.9 Å². The molecule has 2 aliphatic rings. The summed E-state index contributed by atoms with van der Waals surface area (Å²) in [5.74, 6) is 0.464. The van der Waals surface area contributed by atoms with Crippen LogP contribution < -0.4 is 15.4 Å². The van der Waals surface area contributed by atoms with E-state index in [-0.39, 0.29) is 17.6 Å². The molecule has 0 bridgehead atoms. The van der Waals surface area contributed by atoms with Crippen molar-refractivity contribution >= 4 is 33.6 Å². The maximum absolute atomic E-state index is 14.3. The Bertz CT molecular complexity index is 2770. The number of halogens is 1. The van der Waals surface area contributed by atoms with Gasteiger partial charge in [0.05, 0.1) is 11.2 Å². The first-order valence-corrected chi connectivity index (χ1v) is 18.1. The molecule has 3 N–H and O–H groups in total. The zero-order chi connectivity index (χ0) is 36.3. The number of aromatic nitrogens is 2. The lowest BCUT2D eigenvalue weighted by atomic mass is 9.97. The summed E-state index contributed by atoms with van der Waals surface area (Å²) in [5.41, 5.74) is 11.1. The van der Waals surface area contributed by atoms with E-state index in [2.05, 4.69) is 56.6 Å². The average molecular weight is 709 g/mol. The quantitative estimate of drug-likeness (QED) is 0.161. The molecule has 8 heteroatoms. The number of benzene rings is 6. The summed E-state index contributed by atoms with van der Waals surface area (Å²) in [7, 11) is 0. The molecule has 10 rings (SSSR count). The predicted molar refractivity (Wildman–Crippen MR) is 209 cm³/mol. The van der Waals surface area contributed by atoms with Gasteiger partial charge in [-0.1, -0.05) is 78.9 Å². The maximum atomic E-state index is 14.3. The van der Waals surface area contributed by atoms with Crippen LogP contribution in [0, 0.1) is 5.82 Å². The van der Waals surface area contributed by atoms with E-state index in [0.29, 0.717) is 42.0 Å². The minimum atomic E-state index is -0.517. The molecular weight excluding hydrogens is 676 g/mol. The SMILES string of the molecule is O=C1NC(n2c(-c3cccc(Oc4ccc(F)cc4)c3)c3c4c(cccc42)C(=O)NCC3)Cc2c(-c3ccc(-c4ccccc4)cc3)[nH]c3cccc1c23. The summed E-state index contributed by atoms with van der Waals surface area (Å²) in [6, 6.07) is 44.2. The molecule has 262 valence electrons. The molecule has 0 fully saturated rings. The minimum Gasteiger partial charge on any atom is -0.457 e. The van der Waals surface area contributed by atoms with E-state index in [1.54, 1.807) is 12.1 Å². The maximum Gasteiger partial charge on any atom is 0.253 e. The van der Waals surface area contributed by atoms with E-state index in [9.17, 15) is 14.0 Å². The number of hydrogen-bond donors (Lipinski definition) is 3. The van der Waals surface area contributed by atoms with E-state index in [4.69, 9.17) is 4.74 Å². The van der Waals surface area contributed by atoms with Gasteiger partial charge in [-0.3, -0.25) is 9.59 Å². The monoisotopic (exact) mass is 708 g/mol. The number of nitrogens with one attached hydrogen (secondary N) is 3. The number of ether oxygens (including phenoxy) is 1. The van der Waals surface area contributed by atoms with Crippen LogP contribution in [-0.2, 0) is 12.8 Å². The van der Waals surface area contributed by atoms with Gasteiger partial charge in [-0.05, 0) is 94.9 Å². The highest BCUT2D eigenvalue weighted by atomic mass is 19.1. The highest BCUT2D eigenvalue weighted by molar-refractivity contribution is 6.12. The summed E-state index contributed by atoms with van der Waals surface area (Å²) in [6.45, 7) is 0.468. The second-order valence-corrected chi connectivity index (χ2v) is 13.8. The van der Waals surface area contributed by atoms with Crippen LogP contribution in [0.2, 0.25) is 0 Å². The van der Waals surface area contributed by atoms with Crippen molar-refractivity contribution in [2.45, 2.75) is 19.0 Å². The van der Waals surface area contributed by atoms with Gasteiger partial charge in [0.25, 0.3) is 11.8 Å². The van der Waals surface area contributed by atoms with E-state index < -0.39 is 6.17 Å². The molecule has 54 heavy (non-hydrogen) atoms. The lowest BCUT2D eigenvalue weighted by molar-refractivity contribution is 0.0923. The van der Waals surface area contributed by atoms with Crippen LogP contribution in [0.15, 0.2) is 140 Å². The predicted octanol–water partition coefficient (Wildman–Crippen LogP) is 9.83. The Morgan fingerprint density at radius 2 is 1.33 bits per heavy atom. The molecule has 0 saturated heterocycles. The van der Waals surface area contributed by atoms with Gasteiger partial charge in [-0.25, -0.2) is 4.39 Å². The molecule has 1 unspecified atom stereocenters. The molecule has 2 amide bonds. The van der Waals surface area contributed by atoms with Crippen LogP contribution in [0.5, 0.6) is 11.5 Å². The van der Waals surface area contributed by atoms with E-state index in [0.717, 1.165) is 66.6 Å². The van der Waals surface area contributed by atoms with Gasteiger partial charge in [-0.2, -0.15) is 0 Å². The molecule has 7 nitrogen and oxygen atoms in total. The molecule has 1 atom stereocenters. The van der Waals surface area contributed by atoms with Crippen LogP contribution in [0.4, 0.5) is 4.39 Å². The van der Waals surface area contributed by atoms with Crippen LogP contribution in [0.1, 0.15) is 38.0 Å². The van der Waals surface area contributed by atoms with Crippen LogP contribution in [0.3, 0.4) is 0 Å². The highest BCUT2D eigenvalue weighted by Gasteiger charge is 2.33. The van der Waals surface area contributed by atoms with Crippen molar-refractivity contribution in [2.24, 2.45) is 0 Å². The van der Waals surface area contributed by atoms with E-state index >= 15 is 0 Å². The molecular formula is C46H33FN4O3. The molecule has 4 heterocycles. The molecule has 0 saturated carbocycles. The van der Waals surface area contributed by atoms with Crippen molar-refractivity contribution in [3.05, 3.63) is 168 Å². The Balaban J connectivity index is 1.15. The van der Waals surface area contributed by atoms with Gasteiger partial charge in [-0.15, -0.1) is 0 Å². The fourth-order valence-corrected chi connectivity index (χ4v) is 8.30. The van der Waals surface area contributed by atoms with Gasteiger partial charge in [0, 0.05) is 51.6 Å². The molecule has 8 aromatic rings. The standard InChI is InChI=1S/C46H33FN4O3/c47-31-19-21-32(22-20-31)54-33-10-4-9-30(25-33)44-34-23-24-48-45(52)36-12-6-14-39(42(34)36)51(44)40-26-37-41-35(46(53)50-40)11-5-13-38(41)49-43(37)29-17-15-28(16-18-29)27-7-2-1-3-8-27/h1-22,25,40,49H,23-24,26H2,(H,48,52)(H,50,53). The van der Waals surface area contributed by atoms with E-state index in [1.165, 1.54) is 12.1 Å². The van der Waals surface area contributed by atoms with Gasteiger partial charge in [0.2, 0.25) is 0 Å². The zero-order valence-corrected chi connectivity index (χ0v) is 29.0. The number of carbonyl (C=O) groups excluding carboxylic acids is 2. The van der Waals surface area contributed by atoms with Crippen molar-refractivity contribution in [3.63, 3.8) is 0 Å². The topological polar surface area (TPSA) is 88.2 Å². The first kappa shape index (κ1) is 31.8. The Hall–Kier alpha value is -6.93. The Morgan fingerprint density at radius 1 is 0.630 bits per heavy atom. The van der Waals surface area contributed by atoms with Crippen LogP contribution >= 0.6 is 0 Å². The largest absolute Gasteiger partial charge is 0.457 e. The summed E-state index contributed by atoms with van der Waals surface area (Å²) < 4.78 is 22.1. The third-order valence-corrected chi connectivity index (χ3v) is 10.7.